The van der Waals surface area contributed by atoms with Crippen molar-refractivity contribution in [2.75, 3.05) is 11.6 Å². The van der Waals surface area contributed by atoms with Crippen LogP contribution in [0.2, 0.25) is 10.0 Å². The molecule has 0 aliphatic heterocycles. The Kier molecular flexibility index (Phi) is 4.95. The molecule has 2 aromatic rings. The fourth-order valence-electron chi connectivity index (χ4n) is 5.95. The van der Waals surface area contributed by atoms with Gasteiger partial charge in [0.05, 0.1) is 10.8 Å². The van der Waals surface area contributed by atoms with E-state index in [2.05, 4.69) is 15.5 Å². The van der Waals surface area contributed by atoms with Gasteiger partial charge in [0.15, 0.2) is 5.82 Å². The van der Waals surface area contributed by atoms with Gasteiger partial charge in [0.1, 0.15) is 0 Å². The number of halogens is 2. The third-order valence-electron chi connectivity index (χ3n) is 6.61. The molecule has 29 heavy (non-hydrogen) atoms. The number of carbonyl (C=O) groups excluding carboxylic acids is 1. The van der Waals surface area contributed by atoms with Gasteiger partial charge in [-0.15, -0.1) is 10.2 Å². The summed E-state index contributed by atoms with van der Waals surface area (Å²) in [6.07, 6.45) is 7.48. The van der Waals surface area contributed by atoms with Gasteiger partial charge in [-0.2, -0.15) is 0 Å². The summed E-state index contributed by atoms with van der Waals surface area (Å²) in [6, 6.07) is 5.10. The zero-order chi connectivity index (χ0) is 20.2. The fraction of sp³-hybridized carbons (Fsp3) is 0.550. The maximum atomic E-state index is 12.7. The van der Waals surface area contributed by atoms with E-state index in [-0.39, 0.29) is 17.2 Å². The number of aromatic nitrogens is 3. The van der Waals surface area contributed by atoms with Crippen LogP contribution >= 0.6 is 35.0 Å². The third kappa shape index (κ3) is 3.73. The van der Waals surface area contributed by atoms with Gasteiger partial charge in [-0.3, -0.25) is 4.79 Å². The minimum atomic E-state index is 0.0161. The first-order valence-electron chi connectivity index (χ1n) is 10.0. The highest BCUT2D eigenvalue weighted by Gasteiger charge is 2.51. The molecule has 1 heterocycles. The van der Waals surface area contributed by atoms with Gasteiger partial charge in [-0.1, -0.05) is 35.0 Å². The summed E-state index contributed by atoms with van der Waals surface area (Å²) in [7, 11) is 0. The van der Waals surface area contributed by atoms with Crippen LogP contribution in [0, 0.1) is 17.8 Å². The van der Waals surface area contributed by atoms with E-state index in [1.54, 1.807) is 18.2 Å². The van der Waals surface area contributed by atoms with Crippen LogP contribution in [0.1, 0.15) is 38.5 Å². The number of nitrogens with one attached hydrogen (secondary N) is 1. The molecule has 4 bridgehead atoms. The number of nitrogens with two attached hydrogens (primary N) is 1. The normalized spacial score (nSPS) is 29.9. The van der Waals surface area contributed by atoms with Crippen LogP contribution in [-0.4, -0.2) is 32.1 Å². The molecule has 1 aromatic carbocycles. The average molecular weight is 452 g/mol. The molecule has 4 aliphatic carbocycles. The highest BCUT2D eigenvalue weighted by Crippen LogP contribution is 2.55. The summed E-state index contributed by atoms with van der Waals surface area (Å²) in [6.45, 7) is 0. The summed E-state index contributed by atoms with van der Waals surface area (Å²) in [5, 5.41) is 13.1. The zero-order valence-corrected chi connectivity index (χ0v) is 18.2. The summed E-state index contributed by atoms with van der Waals surface area (Å²) in [5.41, 5.74) is 0.626. The molecule has 154 valence electrons. The lowest BCUT2D eigenvalue weighted by molar-refractivity contribution is -0.124. The molecule has 1 aromatic heterocycles. The topological polar surface area (TPSA) is 85.8 Å². The van der Waals surface area contributed by atoms with E-state index in [0.717, 1.165) is 37.0 Å². The van der Waals surface area contributed by atoms with Gasteiger partial charge in [-0.25, -0.2) is 4.68 Å². The van der Waals surface area contributed by atoms with Crippen molar-refractivity contribution < 1.29 is 4.79 Å². The van der Waals surface area contributed by atoms with Crippen molar-refractivity contribution in [3.63, 3.8) is 0 Å². The standard InChI is InChI=1S/C20H23Cl2N5OS/c21-14-1-2-16(22)15(6-14)18-25-26-19(27(18)23)29-10-17(28)24-20-7-11-3-12(8-20)5-13(4-11)9-20/h1-2,6,11-13H,3-5,7-10,23H2,(H,24,28). The SMILES string of the molecule is Nn1c(SCC(=O)NC23CC4CC(CC(C4)C2)C3)nnc1-c1cc(Cl)ccc1Cl. The monoisotopic (exact) mass is 451 g/mol. The summed E-state index contributed by atoms with van der Waals surface area (Å²) < 4.78 is 1.36. The molecule has 6 rings (SSSR count). The van der Waals surface area contributed by atoms with Crippen molar-refractivity contribution in [3.05, 3.63) is 28.2 Å². The van der Waals surface area contributed by atoms with E-state index in [0.29, 0.717) is 26.6 Å². The number of benzene rings is 1. The molecule has 0 radical (unpaired) electrons. The second-order valence-electron chi connectivity index (χ2n) is 8.84. The molecule has 4 aliphatic rings. The molecule has 0 atom stereocenters. The molecule has 0 saturated heterocycles. The molecule has 0 unspecified atom stereocenters. The number of carbonyl (C=O) groups is 1. The minimum Gasteiger partial charge on any atom is -0.350 e. The van der Waals surface area contributed by atoms with Crippen LogP contribution in [0.5, 0.6) is 0 Å². The minimum absolute atomic E-state index is 0.0161. The first-order valence-corrected chi connectivity index (χ1v) is 11.7. The van der Waals surface area contributed by atoms with Crippen molar-refractivity contribution in [2.24, 2.45) is 17.8 Å². The Morgan fingerprint density at radius 2 is 1.83 bits per heavy atom. The molecule has 9 heteroatoms. The summed E-state index contributed by atoms with van der Waals surface area (Å²) in [5.74, 6) is 9.28. The lowest BCUT2D eigenvalue weighted by Gasteiger charge is -2.56. The van der Waals surface area contributed by atoms with Crippen LogP contribution in [0.15, 0.2) is 23.4 Å². The van der Waals surface area contributed by atoms with Gasteiger partial charge in [-0.05, 0) is 74.5 Å². The van der Waals surface area contributed by atoms with Crippen molar-refractivity contribution in [1.29, 1.82) is 0 Å². The summed E-state index contributed by atoms with van der Waals surface area (Å²) >= 11 is 13.6. The van der Waals surface area contributed by atoms with E-state index >= 15 is 0 Å². The van der Waals surface area contributed by atoms with E-state index in [1.807, 2.05) is 0 Å². The Balaban J connectivity index is 1.25. The fourth-order valence-corrected chi connectivity index (χ4v) is 6.98. The van der Waals surface area contributed by atoms with E-state index < -0.39 is 0 Å². The highest BCUT2D eigenvalue weighted by atomic mass is 35.5. The lowest BCUT2D eigenvalue weighted by atomic mass is 9.53. The quantitative estimate of drug-likeness (QED) is 0.526. The van der Waals surface area contributed by atoms with Gasteiger partial charge >= 0.3 is 0 Å². The Labute approximate surface area is 183 Å². The largest absolute Gasteiger partial charge is 0.350 e. The molecule has 0 spiro atoms. The lowest BCUT2D eigenvalue weighted by Crippen LogP contribution is -2.60. The first kappa shape index (κ1) is 19.5. The van der Waals surface area contributed by atoms with Crippen molar-refractivity contribution >= 4 is 40.9 Å². The van der Waals surface area contributed by atoms with E-state index in [4.69, 9.17) is 29.0 Å². The van der Waals surface area contributed by atoms with Crippen LogP contribution < -0.4 is 11.2 Å². The molecule has 4 fully saturated rings. The number of nitrogens with zero attached hydrogens (tertiary/aromatic N) is 3. The number of thioether (sulfide) groups is 1. The predicted molar refractivity (Wildman–Crippen MR) is 115 cm³/mol. The average Bonchev–Trinajstić information content (AvgIpc) is 3.01. The van der Waals surface area contributed by atoms with E-state index in [1.165, 1.54) is 35.7 Å². The first-order chi connectivity index (χ1) is 13.9. The molecular weight excluding hydrogens is 429 g/mol. The van der Waals surface area contributed by atoms with E-state index in [9.17, 15) is 4.79 Å². The Morgan fingerprint density at radius 3 is 2.48 bits per heavy atom. The maximum Gasteiger partial charge on any atom is 0.230 e. The number of rotatable bonds is 5. The van der Waals surface area contributed by atoms with Gasteiger partial charge in [0.2, 0.25) is 11.1 Å². The molecule has 3 N–H and O–H groups in total. The molecule has 6 nitrogen and oxygen atoms in total. The van der Waals surface area contributed by atoms with Crippen LogP contribution in [-0.2, 0) is 4.79 Å². The van der Waals surface area contributed by atoms with Crippen molar-refractivity contribution in [3.8, 4) is 11.4 Å². The maximum absolute atomic E-state index is 12.7. The van der Waals surface area contributed by atoms with Crippen LogP contribution in [0.3, 0.4) is 0 Å². The predicted octanol–water partition coefficient (Wildman–Crippen LogP) is 4.14. The number of hydrogen-bond acceptors (Lipinski definition) is 5. The van der Waals surface area contributed by atoms with Gasteiger partial charge in [0.25, 0.3) is 0 Å². The number of amides is 1. The smallest absolute Gasteiger partial charge is 0.230 e. The second-order valence-corrected chi connectivity index (χ2v) is 10.6. The van der Waals surface area contributed by atoms with Crippen LogP contribution in [0.25, 0.3) is 11.4 Å². The van der Waals surface area contributed by atoms with Crippen molar-refractivity contribution in [1.82, 2.24) is 20.2 Å². The highest BCUT2D eigenvalue weighted by molar-refractivity contribution is 7.99. The van der Waals surface area contributed by atoms with Gasteiger partial charge < -0.3 is 11.2 Å². The van der Waals surface area contributed by atoms with Gasteiger partial charge in [0, 0.05) is 16.1 Å². The third-order valence-corrected chi connectivity index (χ3v) is 8.12. The molecule has 4 saturated carbocycles. The second kappa shape index (κ2) is 7.36. The number of hydrogen-bond donors (Lipinski definition) is 2. The zero-order valence-electron chi connectivity index (χ0n) is 15.9. The molecular formula is C20H23Cl2N5OS. The number of nitrogen functional groups attached to an aromatic ring is 1. The Hall–Kier alpha value is -1.44. The van der Waals surface area contributed by atoms with Crippen LogP contribution in [0.4, 0.5) is 0 Å². The Bertz CT molecular complexity index is 927. The summed E-state index contributed by atoms with van der Waals surface area (Å²) in [4.78, 5) is 12.7. The Morgan fingerprint density at radius 1 is 1.17 bits per heavy atom. The molecule has 1 amide bonds. The van der Waals surface area contributed by atoms with Crippen molar-refractivity contribution in [2.45, 2.75) is 49.2 Å².